The fraction of sp³-hybridized carbons (Fsp3) is 0.600. The molecule has 0 aromatic heterocycles. The molecule has 1 N–H and O–H groups in total. The van der Waals surface area contributed by atoms with Crippen molar-refractivity contribution >= 4 is 15.9 Å². The van der Waals surface area contributed by atoms with Crippen LogP contribution in [-0.4, -0.2) is 42.4 Å². The highest BCUT2D eigenvalue weighted by Crippen LogP contribution is 2.36. The number of nitrogens with zero attached hydrogens (tertiary/aromatic N) is 1. The first-order valence-electron chi connectivity index (χ1n) is 7.12. The van der Waals surface area contributed by atoms with Gasteiger partial charge in [0.1, 0.15) is 13.2 Å². The summed E-state index contributed by atoms with van der Waals surface area (Å²) in [4.78, 5) is 2.38. The maximum absolute atomic E-state index is 9.80. The van der Waals surface area contributed by atoms with Crippen molar-refractivity contribution in [1.29, 1.82) is 0 Å². The van der Waals surface area contributed by atoms with Gasteiger partial charge in [0.2, 0.25) is 0 Å². The number of benzene rings is 1. The van der Waals surface area contributed by atoms with E-state index < -0.39 is 0 Å². The predicted octanol–water partition coefficient (Wildman–Crippen LogP) is 2.42. The van der Waals surface area contributed by atoms with Gasteiger partial charge in [-0.2, -0.15) is 0 Å². The van der Waals surface area contributed by atoms with Crippen molar-refractivity contribution in [3.05, 3.63) is 22.2 Å². The van der Waals surface area contributed by atoms with Gasteiger partial charge in [-0.25, -0.2) is 0 Å². The standard InChI is InChI=1S/C15H20BrNO3/c1-10-8-17(3-2-13(10)18)9-11-6-14-15(7-12(11)16)20-5-4-19-14/h6-7,10,13,18H,2-5,8-9H2,1H3. The topological polar surface area (TPSA) is 41.9 Å². The highest BCUT2D eigenvalue weighted by Gasteiger charge is 2.25. The van der Waals surface area contributed by atoms with Gasteiger partial charge in [-0.15, -0.1) is 0 Å². The first-order valence-corrected chi connectivity index (χ1v) is 7.91. The van der Waals surface area contributed by atoms with Crippen LogP contribution in [0.5, 0.6) is 11.5 Å². The smallest absolute Gasteiger partial charge is 0.162 e. The van der Waals surface area contributed by atoms with E-state index in [-0.39, 0.29) is 6.10 Å². The maximum Gasteiger partial charge on any atom is 0.162 e. The van der Waals surface area contributed by atoms with Gasteiger partial charge in [-0.3, -0.25) is 4.90 Å². The lowest BCUT2D eigenvalue weighted by molar-refractivity contribution is 0.0319. The summed E-state index contributed by atoms with van der Waals surface area (Å²) in [6, 6.07) is 4.06. The van der Waals surface area contributed by atoms with Crippen molar-refractivity contribution < 1.29 is 14.6 Å². The SMILES string of the molecule is CC1CN(Cc2cc3c(cc2Br)OCCO3)CCC1O. The van der Waals surface area contributed by atoms with E-state index >= 15 is 0 Å². The quantitative estimate of drug-likeness (QED) is 0.896. The Morgan fingerprint density at radius 3 is 2.70 bits per heavy atom. The normalized spacial score (nSPS) is 26.6. The molecule has 1 aromatic carbocycles. The third kappa shape index (κ3) is 2.95. The van der Waals surface area contributed by atoms with Crippen LogP contribution in [0.25, 0.3) is 0 Å². The van der Waals surface area contributed by atoms with Crippen molar-refractivity contribution in [3.63, 3.8) is 0 Å². The van der Waals surface area contributed by atoms with Crippen molar-refractivity contribution in [2.45, 2.75) is 26.0 Å². The lowest BCUT2D eigenvalue weighted by atomic mass is 9.96. The Kier molecular flexibility index (Phi) is 4.19. The zero-order valence-electron chi connectivity index (χ0n) is 11.6. The van der Waals surface area contributed by atoms with Crippen molar-refractivity contribution in [2.24, 2.45) is 5.92 Å². The third-order valence-electron chi connectivity index (χ3n) is 4.05. The van der Waals surface area contributed by atoms with E-state index in [2.05, 4.69) is 33.8 Å². The molecule has 2 heterocycles. The summed E-state index contributed by atoms with van der Waals surface area (Å²) in [7, 11) is 0. The lowest BCUT2D eigenvalue weighted by Crippen LogP contribution is -2.41. The minimum atomic E-state index is -0.157. The van der Waals surface area contributed by atoms with Crippen LogP contribution < -0.4 is 9.47 Å². The molecule has 20 heavy (non-hydrogen) atoms. The van der Waals surface area contributed by atoms with E-state index in [0.29, 0.717) is 19.1 Å². The summed E-state index contributed by atoms with van der Waals surface area (Å²) in [6.07, 6.45) is 0.693. The maximum atomic E-state index is 9.80. The number of hydrogen-bond acceptors (Lipinski definition) is 4. The first kappa shape index (κ1) is 14.2. The number of hydrogen-bond donors (Lipinski definition) is 1. The highest BCUT2D eigenvalue weighted by molar-refractivity contribution is 9.10. The molecule has 0 aliphatic carbocycles. The molecule has 0 spiro atoms. The van der Waals surface area contributed by atoms with Gasteiger partial charge in [-0.05, 0) is 30.0 Å². The molecule has 0 saturated carbocycles. The number of ether oxygens (including phenoxy) is 2. The molecule has 4 nitrogen and oxygen atoms in total. The van der Waals surface area contributed by atoms with Gasteiger partial charge in [0, 0.05) is 24.1 Å². The second-order valence-electron chi connectivity index (χ2n) is 5.66. The molecule has 2 aliphatic heterocycles. The first-order chi connectivity index (χ1) is 9.63. The second-order valence-corrected chi connectivity index (χ2v) is 6.51. The highest BCUT2D eigenvalue weighted by atomic mass is 79.9. The van der Waals surface area contributed by atoms with Crippen LogP contribution in [0.1, 0.15) is 18.9 Å². The largest absolute Gasteiger partial charge is 0.486 e. The van der Waals surface area contributed by atoms with Crippen LogP contribution in [0, 0.1) is 5.92 Å². The molecule has 1 saturated heterocycles. The Balaban J connectivity index is 1.74. The summed E-state index contributed by atoms with van der Waals surface area (Å²) in [5.74, 6) is 1.98. The lowest BCUT2D eigenvalue weighted by Gasteiger charge is -2.34. The van der Waals surface area contributed by atoms with Crippen molar-refractivity contribution in [3.8, 4) is 11.5 Å². The minimum absolute atomic E-state index is 0.157. The van der Waals surface area contributed by atoms with Crippen LogP contribution in [0.4, 0.5) is 0 Å². The number of halogens is 1. The summed E-state index contributed by atoms with van der Waals surface area (Å²) < 4.78 is 12.3. The van der Waals surface area contributed by atoms with E-state index in [1.807, 2.05) is 6.07 Å². The molecule has 3 rings (SSSR count). The molecule has 1 fully saturated rings. The Hall–Kier alpha value is -0.780. The van der Waals surface area contributed by atoms with E-state index in [1.165, 1.54) is 5.56 Å². The minimum Gasteiger partial charge on any atom is -0.486 e. The van der Waals surface area contributed by atoms with E-state index in [0.717, 1.165) is 42.0 Å². The molecule has 1 aromatic rings. The predicted molar refractivity (Wildman–Crippen MR) is 80.2 cm³/mol. The molecular formula is C15H20BrNO3. The summed E-state index contributed by atoms with van der Waals surface area (Å²) in [5, 5.41) is 9.80. The van der Waals surface area contributed by atoms with Crippen molar-refractivity contribution in [1.82, 2.24) is 4.90 Å². The van der Waals surface area contributed by atoms with Gasteiger partial charge in [0.15, 0.2) is 11.5 Å². The number of likely N-dealkylation sites (tertiary alicyclic amines) is 1. The Labute approximate surface area is 127 Å². The van der Waals surface area contributed by atoms with Gasteiger partial charge in [-0.1, -0.05) is 22.9 Å². The van der Waals surface area contributed by atoms with Gasteiger partial charge >= 0.3 is 0 Å². The van der Waals surface area contributed by atoms with E-state index in [1.54, 1.807) is 0 Å². The molecule has 2 atom stereocenters. The van der Waals surface area contributed by atoms with Crippen molar-refractivity contribution in [2.75, 3.05) is 26.3 Å². The average molecular weight is 342 g/mol. The number of fused-ring (bicyclic) bond motifs is 1. The molecule has 2 unspecified atom stereocenters. The van der Waals surface area contributed by atoms with Gasteiger partial charge < -0.3 is 14.6 Å². The number of aliphatic hydroxyl groups excluding tert-OH is 1. The van der Waals surface area contributed by atoms with Gasteiger partial charge in [0.25, 0.3) is 0 Å². The zero-order chi connectivity index (χ0) is 14.1. The van der Waals surface area contributed by atoms with E-state index in [9.17, 15) is 5.11 Å². The Morgan fingerprint density at radius 2 is 2.00 bits per heavy atom. The van der Waals surface area contributed by atoms with Crippen LogP contribution in [0.3, 0.4) is 0 Å². The average Bonchev–Trinajstić information content (AvgIpc) is 2.44. The van der Waals surface area contributed by atoms with Crippen LogP contribution >= 0.6 is 15.9 Å². The molecule has 0 amide bonds. The second kappa shape index (κ2) is 5.92. The summed E-state index contributed by atoms with van der Waals surface area (Å²) in [6.45, 7) is 6.07. The van der Waals surface area contributed by atoms with Gasteiger partial charge in [0.05, 0.1) is 6.10 Å². The monoisotopic (exact) mass is 341 g/mol. The molecule has 2 aliphatic rings. The zero-order valence-corrected chi connectivity index (χ0v) is 13.2. The molecule has 0 radical (unpaired) electrons. The number of aliphatic hydroxyl groups is 1. The Morgan fingerprint density at radius 1 is 1.30 bits per heavy atom. The van der Waals surface area contributed by atoms with E-state index in [4.69, 9.17) is 9.47 Å². The third-order valence-corrected chi connectivity index (χ3v) is 4.79. The fourth-order valence-corrected chi connectivity index (χ4v) is 3.28. The van der Waals surface area contributed by atoms with Crippen LogP contribution in [-0.2, 0) is 6.54 Å². The molecule has 5 heteroatoms. The molecular weight excluding hydrogens is 322 g/mol. The summed E-state index contributed by atoms with van der Waals surface area (Å²) in [5.41, 5.74) is 1.21. The Bertz CT molecular complexity index is 494. The molecule has 0 bridgehead atoms. The molecule has 110 valence electrons. The van der Waals surface area contributed by atoms with Crippen LogP contribution in [0.15, 0.2) is 16.6 Å². The number of rotatable bonds is 2. The van der Waals surface area contributed by atoms with Crippen LogP contribution in [0.2, 0.25) is 0 Å². The summed E-state index contributed by atoms with van der Waals surface area (Å²) >= 11 is 3.62. The fourth-order valence-electron chi connectivity index (χ4n) is 2.83. The number of piperidine rings is 1.